The fourth-order valence-electron chi connectivity index (χ4n) is 2.21. The molecular weight excluding hydrogens is 264 g/mol. The number of aromatic amines is 1. The van der Waals surface area contributed by atoms with Gasteiger partial charge < -0.3 is 9.72 Å². The first-order chi connectivity index (χ1) is 10.3. The second-order valence-corrected chi connectivity index (χ2v) is 4.76. The highest BCUT2D eigenvalue weighted by Gasteiger charge is 2.09. The van der Waals surface area contributed by atoms with Gasteiger partial charge in [-0.25, -0.2) is 4.79 Å². The number of amides is 1. The van der Waals surface area contributed by atoms with E-state index in [4.69, 9.17) is 4.74 Å². The summed E-state index contributed by atoms with van der Waals surface area (Å²) in [5, 5.41) is 3.70. The Hall–Kier alpha value is -2.75. The molecule has 0 radical (unpaired) electrons. The summed E-state index contributed by atoms with van der Waals surface area (Å²) >= 11 is 0. The first kappa shape index (κ1) is 13.2. The van der Waals surface area contributed by atoms with Gasteiger partial charge in [-0.1, -0.05) is 37.3 Å². The van der Waals surface area contributed by atoms with E-state index in [1.807, 2.05) is 36.4 Å². The number of carbonyl (C=O) groups is 1. The molecule has 4 heteroatoms. The third-order valence-electron chi connectivity index (χ3n) is 3.37. The summed E-state index contributed by atoms with van der Waals surface area (Å²) in [4.78, 5) is 15.0. The number of rotatable bonds is 3. The molecule has 0 saturated heterocycles. The van der Waals surface area contributed by atoms with Crippen molar-refractivity contribution < 1.29 is 9.53 Å². The van der Waals surface area contributed by atoms with E-state index in [9.17, 15) is 4.79 Å². The Kier molecular flexibility index (Phi) is 3.60. The van der Waals surface area contributed by atoms with Crippen LogP contribution in [0.5, 0.6) is 5.75 Å². The maximum absolute atomic E-state index is 11.9. The summed E-state index contributed by atoms with van der Waals surface area (Å²) in [5.41, 5.74) is 2.89. The zero-order chi connectivity index (χ0) is 14.7. The Balaban J connectivity index is 1.71. The molecule has 0 aliphatic rings. The number of aromatic nitrogens is 1. The second-order valence-electron chi connectivity index (χ2n) is 4.76. The fourth-order valence-corrected chi connectivity index (χ4v) is 2.21. The summed E-state index contributed by atoms with van der Waals surface area (Å²) in [7, 11) is 0. The topological polar surface area (TPSA) is 54.1 Å². The molecule has 0 saturated carbocycles. The largest absolute Gasteiger partial charge is 0.417 e. The number of ether oxygens (including phenoxy) is 1. The summed E-state index contributed by atoms with van der Waals surface area (Å²) in [6, 6.07) is 15.3. The molecule has 2 N–H and O–H groups in total. The van der Waals surface area contributed by atoms with E-state index in [0.29, 0.717) is 11.4 Å². The molecule has 0 spiro atoms. The van der Waals surface area contributed by atoms with E-state index in [1.54, 1.807) is 18.3 Å². The molecule has 1 amide bonds. The normalized spacial score (nSPS) is 10.5. The highest BCUT2D eigenvalue weighted by atomic mass is 16.6. The first-order valence-electron chi connectivity index (χ1n) is 6.90. The molecule has 3 aromatic rings. The van der Waals surface area contributed by atoms with Crippen LogP contribution in [-0.2, 0) is 6.42 Å². The molecule has 106 valence electrons. The van der Waals surface area contributed by atoms with Crippen LogP contribution >= 0.6 is 0 Å². The minimum atomic E-state index is -0.496. The number of fused-ring (bicyclic) bond motifs is 1. The molecule has 4 nitrogen and oxygen atoms in total. The Bertz CT molecular complexity index is 760. The van der Waals surface area contributed by atoms with Crippen molar-refractivity contribution in [1.82, 2.24) is 4.98 Å². The molecule has 1 heterocycles. The Labute approximate surface area is 122 Å². The predicted molar refractivity (Wildman–Crippen MR) is 83.8 cm³/mol. The van der Waals surface area contributed by atoms with Crippen molar-refractivity contribution in [1.29, 1.82) is 0 Å². The van der Waals surface area contributed by atoms with Gasteiger partial charge in [0.05, 0.1) is 5.69 Å². The van der Waals surface area contributed by atoms with Crippen LogP contribution in [-0.4, -0.2) is 11.1 Å². The molecule has 0 atom stereocenters. The molecular formula is C17H16N2O2. The van der Waals surface area contributed by atoms with Gasteiger partial charge in [0, 0.05) is 17.1 Å². The number of hydrogen-bond acceptors (Lipinski definition) is 2. The van der Waals surface area contributed by atoms with Crippen molar-refractivity contribution in [3.8, 4) is 5.75 Å². The summed E-state index contributed by atoms with van der Waals surface area (Å²) in [5.74, 6) is 0.532. The van der Waals surface area contributed by atoms with Crippen LogP contribution in [0.1, 0.15) is 12.5 Å². The number of aryl methyl sites for hydroxylation is 1. The van der Waals surface area contributed by atoms with Crippen LogP contribution in [0, 0.1) is 0 Å². The third kappa shape index (κ3) is 2.89. The summed E-state index contributed by atoms with van der Waals surface area (Å²) in [6.45, 7) is 2.08. The van der Waals surface area contributed by atoms with Gasteiger partial charge in [0.15, 0.2) is 0 Å². The van der Waals surface area contributed by atoms with Crippen LogP contribution < -0.4 is 10.1 Å². The van der Waals surface area contributed by atoms with Gasteiger partial charge in [0.25, 0.3) is 0 Å². The second kappa shape index (κ2) is 5.71. The zero-order valence-electron chi connectivity index (χ0n) is 11.7. The smallest absolute Gasteiger partial charge is 0.410 e. The zero-order valence-corrected chi connectivity index (χ0v) is 11.7. The van der Waals surface area contributed by atoms with E-state index in [-0.39, 0.29) is 0 Å². The number of carbonyl (C=O) groups excluding carboxylic acids is 1. The average molecular weight is 280 g/mol. The van der Waals surface area contributed by atoms with E-state index < -0.39 is 6.09 Å². The maximum Gasteiger partial charge on any atom is 0.417 e. The van der Waals surface area contributed by atoms with Crippen molar-refractivity contribution in [3.05, 3.63) is 60.3 Å². The summed E-state index contributed by atoms with van der Waals surface area (Å²) in [6.07, 6.45) is 2.22. The van der Waals surface area contributed by atoms with Gasteiger partial charge in [-0.3, -0.25) is 5.32 Å². The lowest BCUT2D eigenvalue weighted by atomic mass is 10.2. The van der Waals surface area contributed by atoms with Crippen molar-refractivity contribution in [2.45, 2.75) is 13.3 Å². The maximum atomic E-state index is 11.9. The van der Waals surface area contributed by atoms with Crippen molar-refractivity contribution >= 4 is 22.7 Å². The van der Waals surface area contributed by atoms with Gasteiger partial charge in [0.1, 0.15) is 5.75 Å². The fraction of sp³-hybridized carbons (Fsp3) is 0.118. The van der Waals surface area contributed by atoms with Crippen molar-refractivity contribution in [2.24, 2.45) is 0 Å². The number of anilines is 1. The molecule has 2 aromatic carbocycles. The summed E-state index contributed by atoms with van der Waals surface area (Å²) < 4.78 is 5.27. The highest BCUT2D eigenvalue weighted by Crippen LogP contribution is 2.23. The molecule has 0 aliphatic heterocycles. The molecule has 21 heavy (non-hydrogen) atoms. The number of nitrogens with one attached hydrogen (secondary N) is 2. The van der Waals surface area contributed by atoms with Crippen molar-refractivity contribution in [2.75, 3.05) is 5.32 Å². The van der Waals surface area contributed by atoms with Gasteiger partial charge in [-0.15, -0.1) is 0 Å². The Morgan fingerprint density at radius 3 is 2.67 bits per heavy atom. The molecule has 1 aromatic heterocycles. The lowest BCUT2D eigenvalue weighted by molar-refractivity contribution is 0.215. The average Bonchev–Trinajstić information content (AvgIpc) is 2.91. The number of H-pyrrole nitrogens is 1. The minimum Gasteiger partial charge on any atom is -0.410 e. The SMILES string of the molecule is CCc1ccc(OC(=O)Nc2c[nH]c3ccccc23)cc1. The molecule has 0 bridgehead atoms. The quantitative estimate of drug-likeness (QED) is 0.749. The molecule has 0 unspecified atom stereocenters. The van der Waals surface area contributed by atoms with E-state index in [0.717, 1.165) is 17.3 Å². The standard InChI is InChI=1S/C17H16N2O2/c1-2-12-7-9-13(10-8-12)21-17(20)19-16-11-18-15-6-4-3-5-14(15)16/h3-11,18H,2H2,1H3,(H,19,20). The van der Waals surface area contributed by atoms with Gasteiger partial charge >= 0.3 is 6.09 Å². The van der Waals surface area contributed by atoms with E-state index in [2.05, 4.69) is 17.2 Å². The lowest BCUT2D eigenvalue weighted by Crippen LogP contribution is -2.16. The van der Waals surface area contributed by atoms with Gasteiger partial charge in [-0.2, -0.15) is 0 Å². The third-order valence-corrected chi connectivity index (χ3v) is 3.37. The molecule has 3 rings (SSSR count). The molecule has 0 fully saturated rings. The van der Waals surface area contributed by atoms with Crippen LogP contribution in [0.25, 0.3) is 10.9 Å². The lowest BCUT2D eigenvalue weighted by Gasteiger charge is -2.06. The number of benzene rings is 2. The Morgan fingerprint density at radius 1 is 1.14 bits per heavy atom. The number of hydrogen-bond donors (Lipinski definition) is 2. The van der Waals surface area contributed by atoms with Crippen LogP contribution in [0.3, 0.4) is 0 Å². The van der Waals surface area contributed by atoms with Gasteiger partial charge in [-0.05, 0) is 30.2 Å². The van der Waals surface area contributed by atoms with Crippen molar-refractivity contribution in [3.63, 3.8) is 0 Å². The predicted octanol–water partition coefficient (Wildman–Crippen LogP) is 4.34. The van der Waals surface area contributed by atoms with Gasteiger partial charge in [0.2, 0.25) is 0 Å². The monoisotopic (exact) mass is 280 g/mol. The van der Waals surface area contributed by atoms with Crippen LogP contribution in [0.4, 0.5) is 10.5 Å². The molecule has 0 aliphatic carbocycles. The van der Waals surface area contributed by atoms with Crippen LogP contribution in [0.15, 0.2) is 54.7 Å². The van der Waals surface area contributed by atoms with Crippen LogP contribution in [0.2, 0.25) is 0 Å². The highest BCUT2D eigenvalue weighted by molar-refractivity contribution is 5.99. The van der Waals surface area contributed by atoms with E-state index >= 15 is 0 Å². The van der Waals surface area contributed by atoms with E-state index in [1.165, 1.54) is 5.56 Å². The Morgan fingerprint density at radius 2 is 1.90 bits per heavy atom. The first-order valence-corrected chi connectivity index (χ1v) is 6.90. The minimum absolute atomic E-state index is 0.496. The number of para-hydroxylation sites is 1.